The van der Waals surface area contributed by atoms with E-state index in [9.17, 15) is 13.6 Å². The van der Waals surface area contributed by atoms with Gasteiger partial charge in [0.1, 0.15) is 5.75 Å². The zero-order valence-corrected chi connectivity index (χ0v) is 12.6. The van der Waals surface area contributed by atoms with Gasteiger partial charge >= 0.3 is 6.61 Å². The fourth-order valence-corrected chi connectivity index (χ4v) is 1.72. The second-order valence-electron chi connectivity index (χ2n) is 4.50. The van der Waals surface area contributed by atoms with Crippen LogP contribution in [0.2, 0.25) is 0 Å². The zero-order valence-electron chi connectivity index (χ0n) is 11.8. The van der Waals surface area contributed by atoms with E-state index in [4.69, 9.17) is 0 Å². The lowest BCUT2D eigenvalue weighted by Gasteiger charge is -2.06. The number of benzene rings is 1. The third kappa shape index (κ3) is 5.65. The Labute approximate surface area is 133 Å². The number of pyridine rings is 1. The summed E-state index contributed by atoms with van der Waals surface area (Å²) in [7, 11) is 0. The molecule has 0 atom stereocenters. The van der Waals surface area contributed by atoms with Crippen molar-refractivity contribution in [3.63, 3.8) is 0 Å². The van der Waals surface area contributed by atoms with E-state index in [1.165, 1.54) is 24.3 Å². The number of hydrogen-bond donors (Lipinski definition) is 1. The van der Waals surface area contributed by atoms with Crippen LogP contribution in [0.3, 0.4) is 0 Å². The average molecular weight is 329 g/mol. The van der Waals surface area contributed by atoms with Gasteiger partial charge in [-0.1, -0.05) is 0 Å². The van der Waals surface area contributed by atoms with E-state index < -0.39 is 6.61 Å². The molecule has 0 aliphatic heterocycles. The first kappa shape index (κ1) is 17.8. The van der Waals surface area contributed by atoms with E-state index in [1.807, 2.05) is 31.5 Å². The Kier molecular flexibility index (Phi) is 6.72. The molecule has 118 valence electrons. The van der Waals surface area contributed by atoms with Gasteiger partial charge in [-0.15, -0.1) is 0 Å². The van der Waals surface area contributed by atoms with Crippen molar-refractivity contribution in [2.75, 3.05) is 5.32 Å². The number of carbonyl (C=O) groups excluding carboxylic acids is 1. The predicted molar refractivity (Wildman–Crippen MR) is 73.1 cm³/mol. The minimum atomic E-state index is -2.86. The Bertz CT molecular complexity index is 604. The van der Waals surface area contributed by atoms with Gasteiger partial charge in [-0.2, -0.15) is 13.3 Å². The van der Waals surface area contributed by atoms with E-state index in [1.54, 1.807) is 4.57 Å². The van der Waals surface area contributed by atoms with Crippen molar-refractivity contribution < 1.29 is 35.3 Å². The van der Waals surface area contributed by atoms with Gasteiger partial charge in [0.2, 0.25) is 6.54 Å². The Morgan fingerprint density at radius 3 is 2.32 bits per heavy atom. The summed E-state index contributed by atoms with van der Waals surface area (Å²) in [5, 5.41) is 2.68. The molecular weight excluding hydrogens is 314 g/mol. The van der Waals surface area contributed by atoms with Crippen LogP contribution in [0.5, 0.6) is 5.75 Å². The van der Waals surface area contributed by atoms with E-state index in [0.717, 1.165) is 5.56 Å². The number of aryl methyl sites for hydroxylation is 1. The number of hydrogen-bond acceptors (Lipinski definition) is 2. The molecule has 1 heterocycles. The maximum Gasteiger partial charge on any atom is 0.387 e. The second kappa shape index (κ2) is 8.29. The van der Waals surface area contributed by atoms with Crippen LogP contribution >= 0.6 is 0 Å². The predicted octanol–water partition coefficient (Wildman–Crippen LogP) is -0.473. The third-order valence-electron chi connectivity index (χ3n) is 2.75. The molecule has 0 bridgehead atoms. The lowest BCUT2D eigenvalue weighted by atomic mass is 10.3. The summed E-state index contributed by atoms with van der Waals surface area (Å²) in [6.45, 7) is -0.716. The summed E-state index contributed by atoms with van der Waals surface area (Å²) in [4.78, 5) is 11.8. The molecule has 0 unspecified atom stereocenters. The number of aromatic nitrogens is 1. The van der Waals surface area contributed by atoms with Crippen molar-refractivity contribution in [3.05, 3.63) is 54.4 Å². The normalized spacial score (nSPS) is 10.0. The molecule has 0 saturated carbocycles. The van der Waals surface area contributed by atoms with E-state index in [-0.39, 0.29) is 30.6 Å². The molecular formula is C15H15ClF2N2O2. The molecule has 0 aliphatic carbocycles. The number of ether oxygens (including phenoxy) is 1. The maximum atomic E-state index is 12.0. The highest BCUT2D eigenvalue weighted by Gasteiger charge is 2.10. The standard InChI is InChI=1S/C15H14F2N2O2.ClH/c1-11-6-8-19(9-7-11)10-14(20)18-12-2-4-13(5-3-12)21-15(16)17;/h2-9,15H,10H2,1H3;1H. The Morgan fingerprint density at radius 2 is 1.77 bits per heavy atom. The molecule has 1 aromatic heterocycles. The highest BCUT2D eigenvalue weighted by molar-refractivity contribution is 5.89. The first-order valence-electron chi connectivity index (χ1n) is 6.33. The van der Waals surface area contributed by atoms with Crippen LogP contribution in [0.1, 0.15) is 5.56 Å². The highest BCUT2D eigenvalue weighted by Crippen LogP contribution is 2.17. The lowest BCUT2D eigenvalue weighted by molar-refractivity contribution is -0.684. The smallest absolute Gasteiger partial charge is 0.387 e. The molecule has 2 aromatic rings. The molecule has 0 radical (unpaired) electrons. The first-order chi connectivity index (χ1) is 10.0. The van der Waals surface area contributed by atoms with Gasteiger partial charge in [0.15, 0.2) is 12.4 Å². The van der Waals surface area contributed by atoms with Gasteiger partial charge < -0.3 is 22.5 Å². The van der Waals surface area contributed by atoms with Gasteiger partial charge in [-0.05, 0) is 36.8 Å². The van der Waals surface area contributed by atoms with Crippen LogP contribution in [0.25, 0.3) is 0 Å². The molecule has 0 aliphatic rings. The Morgan fingerprint density at radius 1 is 1.18 bits per heavy atom. The molecule has 0 fully saturated rings. The third-order valence-corrected chi connectivity index (χ3v) is 2.75. The van der Waals surface area contributed by atoms with Crippen LogP contribution in [0, 0.1) is 6.92 Å². The zero-order chi connectivity index (χ0) is 15.2. The molecule has 1 N–H and O–H groups in total. The van der Waals surface area contributed by atoms with Gasteiger partial charge in [0, 0.05) is 17.8 Å². The Balaban J connectivity index is 0.00000242. The number of alkyl halides is 2. The molecule has 2 rings (SSSR count). The van der Waals surface area contributed by atoms with Crippen LogP contribution in [0.15, 0.2) is 48.8 Å². The fourth-order valence-electron chi connectivity index (χ4n) is 1.72. The maximum absolute atomic E-state index is 12.0. The fraction of sp³-hybridized carbons (Fsp3) is 0.200. The van der Waals surface area contributed by atoms with Crippen LogP contribution in [-0.4, -0.2) is 12.5 Å². The van der Waals surface area contributed by atoms with E-state index >= 15 is 0 Å². The number of anilines is 1. The lowest BCUT2D eigenvalue weighted by Crippen LogP contribution is -3.00. The minimum absolute atomic E-state index is 0. The summed E-state index contributed by atoms with van der Waals surface area (Å²) in [6, 6.07) is 9.58. The SMILES string of the molecule is Cc1cc[n+](CC(=O)Nc2ccc(OC(F)F)cc2)cc1.[Cl-]. The van der Waals surface area contributed by atoms with Crippen molar-refractivity contribution in [1.82, 2.24) is 0 Å². The molecule has 0 spiro atoms. The number of halogens is 3. The van der Waals surface area contributed by atoms with Crippen LogP contribution < -0.4 is 27.0 Å². The molecule has 1 amide bonds. The summed E-state index contributed by atoms with van der Waals surface area (Å²) in [6.07, 6.45) is 3.63. The van der Waals surface area contributed by atoms with E-state index in [2.05, 4.69) is 10.1 Å². The molecule has 22 heavy (non-hydrogen) atoms. The van der Waals surface area contributed by atoms with Gasteiger partial charge in [0.25, 0.3) is 5.91 Å². The number of rotatable bonds is 5. The second-order valence-corrected chi connectivity index (χ2v) is 4.50. The van der Waals surface area contributed by atoms with Gasteiger partial charge in [-0.3, -0.25) is 4.79 Å². The van der Waals surface area contributed by atoms with Crippen molar-refractivity contribution >= 4 is 11.6 Å². The number of nitrogens with one attached hydrogen (secondary N) is 1. The molecule has 0 saturated heterocycles. The monoisotopic (exact) mass is 328 g/mol. The number of nitrogens with zero attached hydrogens (tertiary/aromatic N) is 1. The molecule has 1 aromatic carbocycles. The highest BCUT2D eigenvalue weighted by atomic mass is 35.5. The summed E-state index contributed by atoms with van der Waals surface area (Å²) < 4.78 is 30.0. The largest absolute Gasteiger partial charge is 1.00 e. The first-order valence-corrected chi connectivity index (χ1v) is 6.33. The number of amides is 1. The van der Waals surface area contributed by atoms with Crippen LogP contribution in [-0.2, 0) is 11.3 Å². The molecule has 7 heteroatoms. The van der Waals surface area contributed by atoms with E-state index in [0.29, 0.717) is 5.69 Å². The quantitative estimate of drug-likeness (QED) is 0.754. The Hall–Kier alpha value is -2.21. The van der Waals surface area contributed by atoms with Crippen molar-refractivity contribution in [2.45, 2.75) is 20.1 Å². The van der Waals surface area contributed by atoms with Crippen molar-refractivity contribution in [3.8, 4) is 5.75 Å². The van der Waals surface area contributed by atoms with Gasteiger partial charge in [-0.25, -0.2) is 0 Å². The topological polar surface area (TPSA) is 42.2 Å². The van der Waals surface area contributed by atoms with Crippen molar-refractivity contribution in [1.29, 1.82) is 0 Å². The van der Waals surface area contributed by atoms with Crippen LogP contribution in [0.4, 0.5) is 14.5 Å². The molecule has 4 nitrogen and oxygen atoms in total. The number of carbonyl (C=O) groups is 1. The van der Waals surface area contributed by atoms with Gasteiger partial charge in [0.05, 0.1) is 0 Å². The summed E-state index contributed by atoms with van der Waals surface area (Å²) >= 11 is 0. The summed E-state index contributed by atoms with van der Waals surface area (Å²) in [5.41, 5.74) is 1.63. The average Bonchev–Trinajstić information content (AvgIpc) is 2.43. The van der Waals surface area contributed by atoms with Crippen molar-refractivity contribution in [2.24, 2.45) is 0 Å². The minimum Gasteiger partial charge on any atom is -1.00 e. The summed E-state index contributed by atoms with van der Waals surface area (Å²) in [5.74, 6) is -0.151.